The maximum Gasteiger partial charge on any atom is 0.263 e. The zero-order valence-electron chi connectivity index (χ0n) is 14.2. The van der Waals surface area contributed by atoms with Crippen LogP contribution >= 0.6 is 22.7 Å². The van der Waals surface area contributed by atoms with Gasteiger partial charge in [0, 0.05) is 12.6 Å². The molecule has 8 nitrogen and oxygen atoms in total. The molecule has 0 unspecified atom stereocenters. The minimum Gasteiger partial charge on any atom is -0.506 e. The number of hydrogen-bond acceptors (Lipinski definition) is 8. The van der Waals surface area contributed by atoms with Crippen molar-refractivity contribution in [2.24, 2.45) is 0 Å². The summed E-state index contributed by atoms with van der Waals surface area (Å²) in [5.74, 6) is 0.930. The number of rotatable bonds is 3. The van der Waals surface area contributed by atoms with Gasteiger partial charge in [-0.05, 0) is 17.7 Å². The smallest absolute Gasteiger partial charge is 0.263 e. The summed E-state index contributed by atoms with van der Waals surface area (Å²) in [4.78, 5) is 27.4. The Balaban J connectivity index is 1.45. The molecule has 1 aliphatic rings. The van der Waals surface area contributed by atoms with Crippen molar-refractivity contribution < 1.29 is 19.4 Å². The Bertz CT molecular complexity index is 1320. The maximum atomic E-state index is 12.7. The number of anilines is 1. The van der Waals surface area contributed by atoms with Crippen LogP contribution in [0.4, 0.5) is 5.69 Å². The van der Waals surface area contributed by atoms with E-state index in [1.54, 1.807) is 6.07 Å². The van der Waals surface area contributed by atoms with Crippen molar-refractivity contribution in [3.8, 4) is 17.2 Å². The van der Waals surface area contributed by atoms with Crippen molar-refractivity contribution in [3.05, 3.63) is 45.1 Å². The largest absolute Gasteiger partial charge is 0.506 e. The number of thiophene rings is 2. The number of carbonyl (C=O) groups excluding carboxylic acids is 1. The van der Waals surface area contributed by atoms with Gasteiger partial charge in [0.15, 0.2) is 11.5 Å². The molecule has 0 radical (unpaired) electrons. The summed E-state index contributed by atoms with van der Waals surface area (Å²) in [6, 6.07) is 6.59. The third-order valence-electron chi connectivity index (χ3n) is 4.43. The van der Waals surface area contributed by atoms with Crippen LogP contribution in [-0.4, -0.2) is 22.8 Å². The van der Waals surface area contributed by atoms with Crippen molar-refractivity contribution in [2.75, 3.05) is 12.5 Å². The van der Waals surface area contributed by atoms with Crippen LogP contribution in [0.25, 0.3) is 19.6 Å². The summed E-state index contributed by atoms with van der Waals surface area (Å²) < 4.78 is 11.9. The van der Waals surface area contributed by atoms with E-state index in [4.69, 9.17) is 15.2 Å². The van der Waals surface area contributed by atoms with Gasteiger partial charge < -0.3 is 30.6 Å². The summed E-state index contributed by atoms with van der Waals surface area (Å²) in [6.07, 6.45) is 0. The molecular formula is C18H13N3O5S2. The first-order valence-electron chi connectivity index (χ1n) is 8.25. The van der Waals surface area contributed by atoms with Crippen molar-refractivity contribution >= 4 is 53.9 Å². The Morgan fingerprint density at radius 1 is 1.25 bits per heavy atom. The van der Waals surface area contributed by atoms with Gasteiger partial charge in [-0.15, -0.1) is 22.7 Å². The quantitative estimate of drug-likeness (QED) is 0.408. The predicted octanol–water partition coefficient (Wildman–Crippen LogP) is 2.75. The van der Waals surface area contributed by atoms with Gasteiger partial charge in [0.2, 0.25) is 6.79 Å². The highest BCUT2D eigenvalue weighted by molar-refractivity contribution is 7.42. The fraction of sp³-hybridized carbons (Fsp3) is 0.111. The van der Waals surface area contributed by atoms with Crippen LogP contribution in [0.1, 0.15) is 15.2 Å². The van der Waals surface area contributed by atoms with E-state index >= 15 is 0 Å². The molecule has 0 aliphatic carbocycles. The number of fused-ring (bicyclic) bond motifs is 4. The van der Waals surface area contributed by atoms with Gasteiger partial charge in [-0.1, -0.05) is 6.07 Å². The standard InChI is InChI=1S/C18H13N3O5S2/c19-13-12-14-15(8(22)4-11(23)21-14)27-18(12)28-16(13)17(24)20-5-7-1-2-9-10(3-7)26-6-25-9/h1-4H,5-6,19H2,(H,20,24)(H2,21,22,23). The molecule has 5 rings (SSSR count). The average Bonchev–Trinajstić information content (AvgIpc) is 3.34. The zero-order valence-corrected chi connectivity index (χ0v) is 15.8. The fourth-order valence-electron chi connectivity index (χ4n) is 3.12. The van der Waals surface area contributed by atoms with Crippen LogP contribution in [0.2, 0.25) is 0 Å². The second-order valence-electron chi connectivity index (χ2n) is 6.20. The lowest BCUT2D eigenvalue weighted by Gasteiger charge is -2.06. The highest BCUT2D eigenvalue weighted by atomic mass is 32.2. The number of nitrogens with two attached hydrogens (primary N) is 1. The van der Waals surface area contributed by atoms with Gasteiger partial charge in [-0.2, -0.15) is 0 Å². The number of H-pyrrole nitrogens is 1. The number of nitrogens with one attached hydrogen (secondary N) is 2. The van der Waals surface area contributed by atoms with Gasteiger partial charge in [-0.3, -0.25) is 9.59 Å². The molecule has 0 fully saturated rings. The first-order chi connectivity index (χ1) is 13.5. The molecule has 0 spiro atoms. The molecule has 28 heavy (non-hydrogen) atoms. The number of ether oxygens (including phenoxy) is 2. The molecule has 5 N–H and O–H groups in total. The molecule has 0 saturated carbocycles. The van der Waals surface area contributed by atoms with Gasteiger partial charge in [0.05, 0.1) is 25.3 Å². The normalized spacial score (nSPS) is 12.7. The number of aromatic hydroxyl groups is 1. The van der Waals surface area contributed by atoms with Crippen molar-refractivity contribution in [1.82, 2.24) is 10.3 Å². The lowest BCUT2D eigenvalue weighted by molar-refractivity contribution is 0.0955. The number of amides is 1. The molecule has 1 aliphatic heterocycles. The number of pyridine rings is 1. The molecule has 4 aromatic rings. The van der Waals surface area contributed by atoms with Gasteiger partial charge in [0.25, 0.3) is 11.5 Å². The topological polar surface area (TPSA) is 127 Å². The highest BCUT2D eigenvalue weighted by Crippen LogP contribution is 2.45. The monoisotopic (exact) mass is 415 g/mol. The summed E-state index contributed by atoms with van der Waals surface area (Å²) in [7, 11) is 0. The maximum absolute atomic E-state index is 12.7. The van der Waals surface area contributed by atoms with Gasteiger partial charge >= 0.3 is 0 Å². The van der Waals surface area contributed by atoms with E-state index in [0.717, 1.165) is 15.6 Å². The summed E-state index contributed by atoms with van der Waals surface area (Å²) in [5.41, 5.74) is 7.39. The fourth-order valence-corrected chi connectivity index (χ4v) is 5.58. The Hall–Kier alpha value is -3.24. The van der Waals surface area contributed by atoms with Crippen molar-refractivity contribution in [3.63, 3.8) is 0 Å². The Kier molecular flexibility index (Phi) is 3.71. The Morgan fingerprint density at radius 3 is 2.93 bits per heavy atom. The molecule has 0 saturated heterocycles. The summed E-state index contributed by atoms with van der Waals surface area (Å²) >= 11 is 2.52. The van der Waals surface area contributed by atoms with Crippen LogP contribution in [0, 0.1) is 0 Å². The lowest BCUT2D eigenvalue weighted by atomic mass is 10.2. The molecule has 3 aromatic heterocycles. The van der Waals surface area contributed by atoms with E-state index in [1.165, 1.54) is 22.7 Å². The van der Waals surface area contributed by atoms with Crippen LogP contribution < -0.4 is 26.1 Å². The second-order valence-corrected chi connectivity index (χ2v) is 8.50. The van der Waals surface area contributed by atoms with E-state index < -0.39 is 5.56 Å². The van der Waals surface area contributed by atoms with E-state index in [1.807, 2.05) is 12.1 Å². The molecule has 0 bridgehead atoms. The third-order valence-corrected chi connectivity index (χ3v) is 6.94. The third kappa shape index (κ3) is 2.57. The summed E-state index contributed by atoms with van der Waals surface area (Å²) in [5, 5.41) is 13.4. The van der Waals surface area contributed by atoms with E-state index in [-0.39, 0.29) is 24.1 Å². The summed E-state index contributed by atoms with van der Waals surface area (Å²) in [6.45, 7) is 0.498. The lowest BCUT2D eigenvalue weighted by Crippen LogP contribution is -2.22. The minimum atomic E-state index is -0.427. The molecule has 0 atom stereocenters. The Labute approximate surface area is 165 Å². The molecule has 142 valence electrons. The van der Waals surface area contributed by atoms with Crippen LogP contribution in [0.3, 0.4) is 0 Å². The van der Waals surface area contributed by atoms with Crippen molar-refractivity contribution in [2.45, 2.75) is 6.54 Å². The van der Waals surface area contributed by atoms with Gasteiger partial charge in [0.1, 0.15) is 10.6 Å². The number of carbonyl (C=O) groups is 1. The minimum absolute atomic E-state index is 0.0969. The van der Waals surface area contributed by atoms with E-state index in [2.05, 4.69) is 10.3 Å². The molecule has 4 heterocycles. The highest BCUT2D eigenvalue weighted by Gasteiger charge is 2.22. The molecule has 1 aromatic carbocycles. The Morgan fingerprint density at radius 2 is 2.07 bits per heavy atom. The number of aromatic nitrogens is 1. The number of benzene rings is 1. The number of hydrogen-bond donors (Lipinski definition) is 4. The SMILES string of the molecule is Nc1c(C(=O)NCc2ccc3c(c2)OCO3)sc2sc3c(O)cc(=O)[nH]c3c12. The zero-order chi connectivity index (χ0) is 19.4. The average molecular weight is 415 g/mol. The molecule has 1 amide bonds. The predicted molar refractivity (Wildman–Crippen MR) is 108 cm³/mol. The van der Waals surface area contributed by atoms with Crippen molar-refractivity contribution in [1.29, 1.82) is 0 Å². The van der Waals surface area contributed by atoms with Gasteiger partial charge in [-0.25, -0.2) is 0 Å². The van der Waals surface area contributed by atoms with E-state index in [9.17, 15) is 14.7 Å². The van der Waals surface area contributed by atoms with Crippen LogP contribution in [0.5, 0.6) is 17.2 Å². The molecular weight excluding hydrogens is 402 g/mol. The van der Waals surface area contributed by atoms with E-state index in [0.29, 0.717) is 38.5 Å². The molecule has 10 heteroatoms. The first-order valence-corrected chi connectivity index (χ1v) is 9.88. The number of aromatic amines is 1. The van der Waals surface area contributed by atoms with Crippen LogP contribution in [0.15, 0.2) is 29.1 Å². The van der Waals surface area contributed by atoms with Crippen LogP contribution in [-0.2, 0) is 6.54 Å². The first kappa shape index (κ1) is 16.9. The second kappa shape index (κ2) is 6.14. The number of nitrogen functional groups attached to an aromatic ring is 1.